The molecule has 3 saturated heterocycles. The molecule has 0 spiro atoms. The van der Waals surface area contributed by atoms with Gasteiger partial charge in [0.25, 0.3) is 0 Å². The number of aliphatic hydroxyl groups is 1. The van der Waals surface area contributed by atoms with Crippen LogP contribution in [0, 0.1) is 0 Å². The van der Waals surface area contributed by atoms with Gasteiger partial charge in [0, 0.05) is 0 Å². The molecule has 7 aromatic rings. The average Bonchev–Trinajstić information content (AvgIpc) is 4.38. The van der Waals surface area contributed by atoms with Crippen molar-refractivity contribution in [3.8, 4) is 0 Å². The lowest BCUT2D eigenvalue weighted by Crippen LogP contribution is -2.49. The summed E-state index contributed by atoms with van der Waals surface area (Å²) in [6.07, 6.45) is -18.5. The molecule has 3 aliphatic rings. The second-order valence-electron chi connectivity index (χ2n) is 19.2. The predicted octanol–water partition coefficient (Wildman–Crippen LogP) is 7.76. The Balaban J connectivity index is 1.02. The highest BCUT2D eigenvalue weighted by Crippen LogP contribution is 2.39. The third-order valence-corrected chi connectivity index (χ3v) is 13.6. The highest BCUT2D eigenvalue weighted by Gasteiger charge is 2.59. The Morgan fingerprint density at radius 3 is 0.952 bits per heavy atom. The summed E-state index contributed by atoms with van der Waals surface area (Å²) in [5.41, 5.74) is 1.57. The number of ether oxygens (including phenoxy) is 12. The highest BCUT2D eigenvalue weighted by atomic mass is 16.8. The molecule has 0 aromatic heterocycles. The first-order chi connectivity index (χ1) is 40.6. The lowest BCUT2D eigenvalue weighted by atomic mass is 10.1. The summed E-state index contributed by atoms with van der Waals surface area (Å²) in [6, 6.07) is 57.1. The molecule has 0 amide bonds. The van der Waals surface area contributed by atoms with Gasteiger partial charge in [-0.05, 0) is 78.4 Å². The molecule has 12 atom stereocenters. The fourth-order valence-electron chi connectivity index (χ4n) is 9.44. The predicted molar refractivity (Wildman–Crippen MR) is 290 cm³/mol. The van der Waals surface area contributed by atoms with Gasteiger partial charge in [0.05, 0.1) is 46.6 Å². The number of benzene rings is 7. The van der Waals surface area contributed by atoms with Gasteiger partial charge in [0.2, 0.25) is 0 Å². The van der Waals surface area contributed by atoms with E-state index in [-0.39, 0.29) is 40.0 Å². The molecule has 83 heavy (non-hydrogen) atoms. The fraction of sp³-hybridized carbons (Fsp3) is 0.250. The van der Waals surface area contributed by atoms with Crippen molar-refractivity contribution < 1.29 is 90.7 Å². The molecule has 1 N–H and O–H groups in total. The third kappa shape index (κ3) is 14.4. The van der Waals surface area contributed by atoms with Crippen molar-refractivity contribution in [1.29, 1.82) is 0 Å². The maximum atomic E-state index is 14.2. The van der Waals surface area contributed by atoms with Crippen LogP contribution in [0.25, 0.3) is 0 Å². The fourth-order valence-corrected chi connectivity index (χ4v) is 9.44. The minimum atomic E-state index is -1.74. The zero-order valence-electron chi connectivity index (χ0n) is 44.3. The van der Waals surface area contributed by atoms with Crippen LogP contribution in [0.4, 0.5) is 0 Å². The van der Waals surface area contributed by atoms with Crippen LogP contribution in [-0.4, -0.2) is 135 Å². The SMILES string of the molecule is O=C(OC[C@H]1O[C@H](OC2[C@@H](OCc3ccccc3)O[C@H](CO)[C@H]2O[C@H]2O[C@H](COC(=O)c3ccccc3)[C@@H](OC(=O)c3ccccc3)[C@@H]2OC(=O)c2ccccc2)[C@@H](OC(=O)c2ccccc2)C1OC(=O)c1ccccc1)c1ccccc1. The van der Waals surface area contributed by atoms with Crippen LogP contribution >= 0.6 is 0 Å². The number of carbonyl (C=O) groups is 6. The van der Waals surface area contributed by atoms with Crippen molar-refractivity contribution in [2.75, 3.05) is 19.8 Å². The van der Waals surface area contributed by atoms with Crippen molar-refractivity contribution in [3.63, 3.8) is 0 Å². The molecule has 3 heterocycles. The van der Waals surface area contributed by atoms with Crippen LogP contribution in [-0.2, 0) is 63.4 Å². The number of aliphatic hydroxyl groups excluding tert-OH is 1. The Labute approximate surface area is 476 Å². The highest BCUT2D eigenvalue weighted by molar-refractivity contribution is 5.92. The van der Waals surface area contributed by atoms with Crippen LogP contribution in [0.15, 0.2) is 212 Å². The Bertz CT molecular complexity index is 3250. The Kier molecular flexibility index (Phi) is 19.1. The molecule has 7 aromatic carbocycles. The third-order valence-electron chi connectivity index (χ3n) is 13.6. The van der Waals surface area contributed by atoms with Crippen molar-refractivity contribution in [2.45, 2.75) is 80.4 Å². The molecule has 0 bridgehead atoms. The van der Waals surface area contributed by atoms with E-state index in [1.807, 2.05) is 6.07 Å². The summed E-state index contributed by atoms with van der Waals surface area (Å²) >= 11 is 0. The van der Waals surface area contributed by atoms with Crippen molar-refractivity contribution in [2.24, 2.45) is 0 Å². The van der Waals surface area contributed by atoms with Gasteiger partial charge >= 0.3 is 35.8 Å². The number of hydrogen-bond acceptors (Lipinski definition) is 19. The zero-order chi connectivity index (χ0) is 57.5. The molecule has 0 aliphatic carbocycles. The molecule has 19 nitrogen and oxygen atoms in total. The Morgan fingerprint density at radius 2 is 0.614 bits per heavy atom. The zero-order valence-corrected chi connectivity index (χ0v) is 44.3. The largest absolute Gasteiger partial charge is 0.459 e. The summed E-state index contributed by atoms with van der Waals surface area (Å²) in [5, 5.41) is 11.2. The maximum absolute atomic E-state index is 14.2. The molecule has 0 radical (unpaired) electrons. The van der Waals surface area contributed by atoms with Crippen LogP contribution in [0.5, 0.6) is 0 Å². The van der Waals surface area contributed by atoms with Crippen LogP contribution in [0.2, 0.25) is 0 Å². The summed E-state index contributed by atoms with van der Waals surface area (Å²) in [4.78, 5) is 83.4. The number of hydrogen-bond donors (Lipinski definition) is 1. The van der Waals surface area contributed by atoms with E-state index in [2.05, 4.69) is 0 Å². The monoisotopic (exact) mass is 1130 g/mol. The quantitative estimate of drug-likeness (QED) is 0.0504. The minimum Gasteiger partial charge on any atom is -0.459 e. The topological polar surface area (TPSA) is 233 Å². The van der Waals surface area contributed by atoms with Crippen molar-refractivity contribution in [3.05, 3.63) is 251 Å². The van der Waals surface area contributed by atoms with Crippen LogP contribution < -0.4 is 0 Å². The lowest BCUT2D eigenvalue weighted by Gasteiger charge is -2.31. The van der Waals surface area contributed by atoms with E-state index in [0.29, 0.717) is 5.56 Å². The normalized spacial score (nSPS) is 24.4. The summed E-state index contributed by atoms with van der Waals surface area (Å²) in [5.74, 6) is -4.96. The van der Waals surface area contributed by atoms with Gasteiger partial charge in [-0.15, -0.1) is 0 Å². The standard InChI is InChI=1S/C64H56O19/c65-36-47-50(82-63-54(80-60(70)45-32-18-6-19-33-45)51(78-58(68)43-28-14-4-15-29-43)48(76-63)38-72-56(66)41-24-10-2-11-25-41)53(62(75-47)74-37-40-22-8-1-9-23-40)83-64-55(81-61(71)46-34-20-7-21-35-46)52(79-59(69)44-30-16-5-17-31-44)49(77-64)39-73-57(67)42-26-12-3-13-27-42/h1-35,47-55,62-65H,36-39H2/t47-,48-,49-,50-,51-,52?,53?,54+,55+,62+,63-,64-/m1/s1. The molecule has 2 unspecified atom stereocenters. The maximum Gasteiger partial charge on any atom is 0.338 e. The average molecular weight is 1130 g/mol. The van der Waals surface area contributed by atoms with Crippen molar-refractivity contribution >= 4 is 35.8 Å². The van der Waals surface area contributed by atoms with Gasteiger partial charge in [-0.25, -0.2) is 28.8 Å². The summed E-state index contributed by atoms with van der Waals surface area (Å²) in [6.45, 7) is -1.96. The smallest absolute Gasteiger partial charge is 0.338 e. The van der Waals surface area contributed by atoms with Crippen molar-refractivity contribution in [1.82, 2.24) is 0 Å². The summed E-state index contributed by atoms with van der Waals surface area (Å²) < 4.78 is 75.8. The van der Waals surface area contributed by atoms with Crippen LogP contribution in [0.3, 0.4) is 0 Å². The molecule has 10 rings (SSSR count). The van der Waals surface area contributed by atoms with Gasteiger partial charge in [0.1, 0.15) is 43.7 Å². The van der Waals surface area contributed by atoms with E-state index >= 15 is 0 Å². The van der Waals surface area contributed by atoms with E-state index in [1.165, 1.54) is 48.5 Å². The second kappa shape index (κ2) is 27.7. The molecule has 426 valence electrons. The van der Waals surface area contributed by atoms with E-state index < -0.39 is 129 Å². The molecule has 3 aliphatic heterocycles. The second-order valence-corrected chi connectivity index (χ2v) is 19.2. The van der Waals surface area contributed by atoms with E-state index in [1.54, 1.807) is 158 Å². The molecule has 0 saturated carbocycles. The summed E-state index contributed by atoms with van der Waals surface area (Å²) in [7, 11) is 0. The number of esters is 6. The van der Waals surface area contributed by atoms with Gasteiger partial charge in [-0.3, -0.25) is 0 Å². The molecular weight excluding hydrogens is 1070 g/mol. The molecule has 19 heteroatoms. The first-order valence-electron chi connectivity index (χ1n) is 26.6. The minimum absolute atomic E-state index is 0.0901. The van der Waals surface area contributed by atoms with Crippen LogP contribution in [0.1, 0.15) is 67.7 Å². The van der Waals surface area contributed by atoms with E-state index in [9.17, 15) is 33.9 Å². The van der Waals surface area contributed by atoms with Gasteiger partial charge in [-0.2, -0.15) is 0 Å². The van der Waals surface area contributed by atoms with Gasteiger partial charge in [-0.1, -0.05) is 140 Å². The van der Waals surface area contributed by atoms with Gasteiger partial charge in [0.15, 0.2) is 43.3 Å². The Hall–Kier alpha value is -8.92. The van der Waals surface area contributed by atoms with Gasteiger partial charge < -0.3 is 61.9 Å². The Morgan fingerprint density at radius 1 is 0.325 bits per heavy atom. The first-order valence-corrected chi connectivity index (χ1v) is 26.6. The number of rotatable bonds is 22. The molecule has 3 fully saturated rings. The molecular formula is C64H56O19. The lowest BCUT2D eigenvalue weighted by molar-refractivity contribution is -0.265. The first kappa shape index (κ1) is 57.3. The number of carbonyl (C=O) groups excluding carboxylic acids is 6. The van der Waals surface area contributed by atoms with E-state index in [0.717, 1.165) is 0 Å². The van der Waals surface area contributed by atoms with E-state index in [4.69, 9.17) is 56.8 Å².